The van der Waals surface area contributed by atoms with Gasteiger partial charge in [-0.2, -0.15) is 8.42 Å². The topological polar surface area (TPSA) is 157 Å². The number of anilines is 1. The summed E-state index contributed by atoms with van der Waals surface area (Å²) in [5, 5.41) is 3.17. The van der Waals surface area contributed by atoms with Crippen molar-refractivity contribution < 1.29 is 22.5 Å². The standard InChI is InChI=1S/C66H83N9O5S/c1-7-74-39-33-65(3,4)62(74)31-27-51(28-32-63-66(5,6)60-44-59(81(77,78)79)29-30-61(60)75(63)8-2)21-9-10-26-64(76)71-38-19-20-40-80-58-42-52(45-72(47-54-22-11-15-34-67-54)48-55-23-12-16-35-68-55)41-53(43-58)46-73(49-56-24-13-17-36-69-56)50-57-25-14-18-37-70-57/h11-18,22-25,27-32,34-37,41-44,62H,7-10,19-21,26,33,38-40,45-50H2,1-6H3,(H,71,76)(H,77,78,79)/b31-27+,51-28+,63-32+. The van der Waals surface area contributed by atoms with Crippen LogP contribution in [0.4, 0.5) is 5.69 Å². The van der Waals surface area contributed by atoms with E-state index in [1.807, 2.05) is 73.3 Å². The molecular formula is C66H83N9O5S. The summed E-state index contributed by atoms with van der Waals surface area (Å²) in [5.41, 5.74) is 9.89. The Morgan fingerprint density at radius 1 is 0.704 bits per heavy atom. The Bertz CT molecular complexity index is 2980. The minimum Gasteiger partial charge on any atom is -0.494 e. The Hall–Kier alpha value is -6.88. The molecule has 0 bridgehead atoms. The number of ether oxygens (including phenoxy) is 1. The van der Waals surface area contributed by atoms with E-state index in [1.165, 1.54) is 11.6 Å². The van der Waals surface area contributed by atoms with E-state index in [1.54, 1.807) is 12.1 Å². The molecule has 2 aliphatic rings. The largest absolute Gasteiger partial charge is 0.494 e. The van der Waals surface area contributed by atoms with Crippen LogP contribution in [-0.2, 0) is 59.6 Å². The highest BCUT2D eigenvalue weighted by atomic mass is 32.2. The van der Waals surface area contributed by atoms with E-state index in [0.717, 1.165) is 108 Å². The van der Waals surface area contributed by atoms with Gasteiger partial charge in [-0.05, 0) is 171 Å². The van der Waals surface area contributed by atoms with Crippen LogP contribution in [0.1, 0.15) is 126 Å². The number of aromatic nitrogens is 4. The minimum absolute atomic E-state index is 0.0537. The Morgan fingerprint density at radius 2 is 1.26 bits per heavy atom. The van der Waals surface area contributed by atoms with Gasteiger partial charge < -0.3 is 15.0 Å². The highest BCUT2D eigenvalue weighted by Crippen LogP contribution is 2.48. The van der Waals surface area contributed by atoms with Crippen molar-refractivity contribution in [1.29, 1.82) is 0 Å². The zero-order valence-corrected chi connectivity index (χ0v) is 49.2. The molecule has 6 aromatic rings. The second kappa shape index (κ2) is 28.7. The maximum atomic E-state index is 13.3. The molecule has 1 unspecified atom stereocenters. The number of benzene rings is 2. The molecule has 1 amide bonds. The van der Waals surface area contributed by atoms with Crippen LogP contribution in [0.2, 0.25) is 0 Å². The first kappa shape index (κ1) is 60.2. The van der Waals surface area contributed by atoms with E-state index in [0.29, 0.717) is 71.4 Å². The summed E-state index contributed by atoms with van der Waals surface area (Å²) in [7, 11) is -4.35. The summed E-state index contributed by atoms with van der Waals surface area (Å²) in [6, 6.07) is 35.9. The normalized spacial score (nSPS) is 16.7. The molecule has 81 heavy (non-hydrogen) atoms. The number of likely N-dealkylation sites (N-methyl/N-ethyl adjacent to an activating group) is 2. The van der Waals surface area contributed by atoms with Crippen molar-refractivity contribution in [2.75, 3.05) is 37.7 Å². The van der Waals surface area contributed by atoms with E-state index in [4.69, 9.17) is 4.74 Å². The highest BCUT2D eigenvalue weighted by molar-refractivity contribution is 7.85. The lowest BCUT2D eigenvalue weighted by Gasteiger charge is -2.29. The van der Waals surface area contributed by atoms with Crippen LogP contribution in [0.15, 0.2) is 174 Å². The molecule has 0 saturated carbocycles. The number of hydrogen-bond donors (Lipinski definition) is 2. The quantitative estimate of drug-likeness (QED) is 0.0260. The van der Waals surface area contributed by atoms with Crippen molar-refractivity contribution in [3.05, 3.63) is 209 Å². The fourth-order valence-corrected chi connectivity index (χ4v) is 11.8. The number of likely N-dealkylation sites (tertiary alicyclic amines) is 1. The molecule has 0 spiro atoms. The first-order valence-corrected chi connectivity index (χ1v) is 30.3. The molecule has 8 rings (SSSR count). The van der Waals surface area contributed by atoms with Crippen LogP contribution < -0.4 is 15.0 Å². The number of carbonyl (C=O) groups excluding carboxylic acids is 1. The van der Waals surface area contributed by atoms with Crippen molar-refractivity contribution >= 4 is 21.7 Å². The summed E-state index contributed by atoms with van der Waals surface area (Å²) in [5.74, 6) is 0.860. The first-order chi connectivity index (χ1) is 39.1. The molecule has 1 fully saturated rings. The summed E-state index contributed by atoms with van der Waals surface area (Å²) in [6.07, 6.45) is 21.9. The van der Waals surface area contributed by atoms with Gasteiger partial charge in [0.25, 0.3) is 10.1 Å². The fraction of sp³-hybridized carbons (Fsp3) is 0.409. The lowest BCUT2D eigenvalue weighted by molar-refractivity contribution is -0.121. The maximum Gasteiger partial charge on any atom is 0.294 e. The third-order valence-electron chi connectivity index (χ3n) is 15.6. The molecule has 2 N–H and O–H groups in total. The molecule has 0 radical (unpaired) electrons. The molecule has 4 aromatic heterocycles. The highest BCUT2D eigenvalue weighted by Gasteiger charge is 2.40. The Morgan fingerprint density at radius 3 is 1.77 bits per heavy atom. The Kier molecular flexibility index (Phi) is 21.3. The molecule has 1 saturated heterocycles. The number of pyridine rings is 4. The van der Waals surface area contributed by atoms with Crippen molar-refractivity contribution in [1.82, 2.24) is 40.0 Å². The Balaban J connectivity index is 0.891. The fourth-order valence-electron chi connectivity index (χ4n) is 11.3. The molecule has 2 aliphatic heterocycles. The second-order valence-electron chi connectivity index (χ2n) is 22.7. The zero-order chi connectivity index (χ0) is 57.2. The number of unbranched alkanes of at least 4 members (excludes halogenated alkanes) is 2. The number of hydrogen-bond acceptors (Lipinski definition) is 12. The van der Waals surface area contributed by atoms with Gasteiger partial charge in [0.15, 0.2) is 0 Å². The van der Waals surface area contributed by atoms with Crippen molar-refractivity contribution in [3.8, 4) is 5.75 Å². The number of carbonyl (C=O) groups is 1. The van der Waals surface area contributed by atoms with Crippen LogP contribution in [0.5, 0.6) is 5.75 Å². The van der Waals surface area contributed by atoms with E-state index < -0.39 is 15.5 Å². The van der Waals surface area contributed by atoms with Gasteiger partial charge in [0.2, 0.25) is 5.91 Å². The van der Waals surface area contributed by atoms with Gasteiger partial charge in [-0.1, -0.05) is 83.2 Å². The van der Waals surface area contributed by atoms with Gasteiger partial charge in [-0.3, -0.25) is 44.0 Å². The smallest absolute Gasteiger partial charge is 0.294 e. The van der Waals surface area contributed by atoms with Crippen LogP contribution in [-0.4, -0.2) is 92.3 Å². The van der Waals surface area contributed by atoms with Crippen molar-refractivity contribution in [3.63, 3.8) is 0 Å². The predicted octanol–water partition coefficient (Wildman–Crippen LogP) is 12.1. The number of nitrogens with one attached hydrogen (secondary N) is 1. The average molecular weight is 1110 g/mol. The average Bonchev–Trinajstić information content (AvgIpc) is 3.92. The number of nitrogens with zero attached hydrogens (tertiary/aromatic N) is 8. The van der Waals surface area contributed by atoms with Crippen molar-refractivity contribution in [2.45, 2.75) is 142 Å². The van der Waals surface area contributed by atoms with E-state index in [2.05, 4.69) is 153 Å². The Labute approximate surface area is 481 Å². The summed E-state index contributed by atoms with van der Waals surface area (Å²) < 4.78 is 40.7. The molecule has 428 valence electrons. The minimum atomic E-state index is -4.35. The number of rotatable bonds is 29. The molecule has 1 atom stereocenters. The van der Waals surface area contributed by atoms with Crippen LogP contribution >= 0.6 is 0 Å². The van der Waals surface area contributed by atoms with E-state index >= 15 is 0 Å². The third-order valence-corrected chi connectivity index (χ3v) is 16.5. The second-order valence-corrected chi connectivity index (χ2v) is 24.1. The van der Waals surface area contributed by atoms with Crippen LogP contribution in [0.3, 0.4) is 0 Å². The number of amides is 1. The molecule has 14 nitrogen and oxygen atoms in total. The molecule has 0 aliphatic carbocycles. The summed E-state index contributed by atoms with van der Waals surface area (Å²) in [4.78, 5) is 41.3. The summed E-state index contributed by atoms with van der Waals surface area (Å²) >= 11 is 0. The van der Waals surface area contributed by atoms with Gasteiger partial charge in [-0.15, -0.1) is 0 Å². The van der Waals surface area contributed by atoms with Crippen molar-refractivity contribution in [2.24, 2.45) is 5.41 Å². The SMILES string of the molecule is CCN1/C(=C/C=C(/C=C/C2N(CC)CCC2(C)C)CCCCC(=O)NCCCCOc2cc(CN(Cc3ccccn3)Cc3ccccn3)cc(CN(Cc3ccccn3)Cc3ccccn3)c2)C(C)(C)c2cc(S(=O)(=O)O)ccc21. The van der Waals surface area contributed by atoms with E-state index in [-0.39, 0.29) is 16.2 Å². The van der Waals surface area contributed by atoms with Gasteiger partial charge in [0.05, 0.1) is 34.3 Å². The number of allylic oxidation sites excluding steroid dienone is 5. The van der Waals surface area contributed by atoms with Gasteiger partial charge in [0.1, 0.15) is 5.75 Å². The third kappa shape index (κ3) is 17.3. The lowest BCUT2D eigenvalue weighted by Crippen LogP contribution is -2.34. The van der Waals surface area contributed by atoms with E-state index in [9.17, 15) is 17.8 Å². The lowest BCUT2D eigenvalue weighted by atomic mass is 9.83. The predicted molar refractivity (Wildman–Crippen MR) is 323 cm³/mol. The summed E-state index contributed by atoms with van der Waals surface area (Å²) in [6.45, 7) is 21.0. The van der Waals surface area contributed by atoms with Gasteiger partial charge in [0, 0.05) is 106 Å². The maximum absolute atomic E-state index is 13.3. The molecule has 2 aromatic carbocycles. The number of fused-ring (bicyclic) bond motifs is 1. The van der Waals surface area contributed by atoms with Crippen LogP contribution in [0, 0.1) is 5.41 Å². The van der Waals surface area contributed by atoms with Gasteiger partial charge >= 0.3 is 0 Å². The van der Waals surface area contributed by atoms with Crippen LogP contribution in [0.25, 0.3) is 0 Å². The molecule has 6 heterocycles. The zero-order valence-electron chi connectivity index (χ0n) is 48.4. The molecule has 15 heteroatoms. The first-order valence-electron chi connectivity index (χ1n) is 28.9. The molecular weight excluding hydrogens is 1030 g/mol. The van der Waals surface area contributed by atoms with Gasteiger partial charge in [-0.25, -0.2) is 0 Å². The monoisotopic (exact) mass is 1110 g/mol.